The molecule has 0 aromatic heterocycles. The Hall–Kier alpha value is -1.10. The first-order valence-electron chi connectivity index (χ1n) is 4.21. The van der Waals surface area contributed by atoms with Crippen molar-refractivity contribution in [1.29, 1.82) is 0 Å². The summed E-state index contributed by atoms with van der Waals surface area (Å²) in [7, 11) is 0. The Morgan fingerprint density at radius 1 is 1.46 bits per heavy atom. The van der Waals surface area contributed by atoms with Crippen LogP contribution in [-0.2, 0) is 9.59 Å². The van der Waals surface area contributed by atoms with Crippen molar-refractivity contribution in [3.8, 4) is 0 Å². The standard InChI is InChI=1S/C8H13NO4/c9-8(7(12)13)3-1-2-5(8)4-6(10)11/h5H,1-4,9H2,(H,10,11)(H,12,13)/t5-,8+/m1/s1. The maximum absolute atomic E-state index is 10.8. The Labute approximate surface area is 75.5 Å². The van der Waals surface area contributed by atoms with Crippen molar-refractivity contribution in [3.63, 3.8) is 0 Å². The van der Waals surface area contributed by atoms with Gasteiger partial charge in [-0.25, -0.2) is 0 Å². The van der Waals surface area contributed by atoms with Crippen LogP contribution in [0.15, 0.2) is 0 Å². The summed E-state index contributed by atoms with van der Waals surface area (Å²) >= 11 is 0. The lowest BCUT2D eigenvalue weighted by molar-refractivity contribution is -0.146. The number of rotatable bonds is 3. The number of carboxylic acid groups (broad SMARTS) is 2. The molecule has 5 heteroatoms. The first kappa shape index (κ1) is 9.98. The summed E-state index contributed by atoms with van der Waals surface area (Å²) in [5.74, 6) is -2.50. The minimum Gasteiger partial charge on any atom is -0.481 e. The van der Waals surface area contributed by atoms with Crippen molar-refractivity contribution < 1.29 is 19.8 Å². The minimum atomic E-state index is -1.32. The molecular weight excluding hydrogens is 174 g/mol. The third kappa shape index (κ3) is 1.80. The maximum Gasteiger partial charge on any atom is 0.323 e. The lowest BCUT2D eigenvalue weighted by Gasteiger charge is -2.25. The Morgan fingerprint density at radius 3 is 2.54 bits per heavy atom. The van der Waals surface area contributed by atoms with Gasteiger partial charge in [-0.15, -0.1) is 0 Å². The average molecular weight is 187 g/mol. The Bertz CT molecular complexity index is 240. The van der Waals surface area contributed by atoms with Gasteiger partial charge in [0.1, 0.15) is 5.54 Å². The van der Waals surface area contributed by atoms with Crippen molar-refractivity contribution in [2.24, 2.45) is 11.7 Å². The molecule has 0 aromatic carbocycles. The lowest BCUT2D eigenvalue weighted by atomic mass is 9.86. The van der Waals surface area contributed by atoms with E-state index in [2.05, 4.69) is 0 Å². The molecule has 0 unspecified atom stereocenters. The van der Waals surface area contributed by atoms with Crippen molar-refractivity contribution in [2.45, 2.75) is 31.2 Å². The van der Waals surface area contributed by atoms with Crippen molar-refractivity contribution in [1.82, 2.24) is 0 Å². The third-order valence-electron chi connectivity index (χ3n) is 2.69. The van der Waals surface area contributed by atoms with Gasteiger partial charge in [0.2, 0.25) is 0 Å². The first-order chi connectivity index (χ1) is 5.97. The second kappa shape index (κ2) is 3.33. The van der Waals surface area contributed by atoms with Crippen molar-refractivity contribution >= 4 is 11.9 Å². The Kier molecular flexibility index (Phi) is 2.56. The molecular formula is C8H13NO4. The summed E-state index contributed by atoms with van der Waals surface area (Å²) < 4.78 is 0. The van der Waals surface area contributed by atoms with Gasteiger partial charge >= 0.3 is 11.9 Å². The van der Waals surface area contributed by atoms with E-state index < -0.39 is 23.4 Å². The van der Waals surface area contributed by atoms with E-state index in [0.717, 1.165) is 0 Å². The highest BCUT2D eigenvalue weighted by Crippen LogP contribution is 2.36. The number of carboxylic acids is 2. The summed E-state index contributed by atoms with van der Waals surface area (Å²) in [6.45, 7) is 0. The number of hydrogen-bond acceptors (Lipinski definition) is 3. The van der Waals surface area contributed by atoms with Gasteiger partial charge in [-0.2, -0.15) is 0 Å². The molecule has 0 aliphatic heterocycles. The minimum absolute atomic E-state index is 0.150. The molecule has 1 aliphatic rings. The molecule has 1 saturated carbocycles. The number of hydrogen-bond donors (Lipinski definition) is 3. The van der Waals surface area contributed by atoms with Crippen LogP contribution in [0.5, 0.6) is 0 Å². The predicted octanol–water partition coefficient (Wildman–Crippen LogP) is 0.0433. The molecule has 0 spiro atoms. The van der Waals surface area contributed by atoms with E-state index in [0.29, 0.717) is 19.3 Å². The smallest absolute Gasteiger partial charge is 0.323 e. The largest absolute Gasteiger partial charge is 0.481 e. The van der Waals surface area contributed by atoms with Gasteiger partial charge in [0.05, 0.1) is 6.42 Å². The lowest BCUT2D eigenvalue weighted by Crippen LogP contribution is -2.51. The van der Waals surface area contributed by atoms with E-state index in [4.69, 9.17) is 15.9 Å². The van der Waals surface area contributed by atoms with Gasteiger partial charge in [0.25, 0.3) is 0 Å². The normalized spacial score (nSPS) is 33.2. The quantitative estimate of drug-likeness (QED) is 0.579. The van der Waals surface area contributed by atoms with Gasteiger partial charge in [-0.3, -0.25) is 9.59 Å². The van der Waals surface area contributed by atoms with Crippen LogP contribution in [0.4, 0.5) is 0 Å². The molecule has 1 aliphatic carbocycles. The molecule has 0 aromatic rings. The van der Waals surface area contributed by atoms with Gasteiger partial charge < -0.3 is 15.9 Å². The fourth-order valence-corrected chi connectivity index (χ4v) is 1.88. The number of carbonyl (C=O) groups is 2. The Balaban J connectivity index is 2.73. The van der Waals surface area contributed by atoms with Crippen LogP contribution in [0.3, 0.4) is 0 Å². The monoisotopic (exact) mass is 187 g/mol. The topological polar surface area (TPSA) is 101 Å². The summed E-state index contributed by atoms with van der Waals surface area (Å²) in [4.78, 5) is 21.2. The van der Waals surface area contributed by atoms with Gasteiger partial charge in [-0.05, 0) is 18.8 Å². The fourth-order valence-electron chi connectivity index (χ4n) is 1.88. The summed E-state index contributed by atoms with van der Waals surface area (Å²) in [6, 6.07) is 0. The summed E-state index contributed by atoms with van der Waals surface area (Å²) in [5.41, 5.74) is 4.31. The van der Waals surface area contributed by atoms with Crippen LogP contribution in [0, 0.1) is 5.92 Å². The summed E-state index contributed by atoms with van der Waals surface area (Å²) in [5, 5.41) is 17.4. The molecule has 5 nitrogen and oxygen atoms in total. The second-order valence-corrected chi connectivity index (χ2v) is 3.53. The molecule has 1 rings (SSSR count). The molecule has 0 heterocycles. The molecule has 0 saturated heterocycles. The highest BCUT2D eigenvalue weighted by atomic mass is 16.4. The Morgan fingerprint density at radius 2 is 2.08 bits per heavy atom. The maximum atomic E-state index is 10.8. The predicted molar refractivity (Wildman–Crippen MR) is 44.1 cm³/mol. The van der Waals surface area contributed by atoms with Gasteiger partial charge in [0.15, 0.2) is 0 Å². The van der Waals surface area contributed by atoms with E-state index in [-0.39, 0.29) is 6.42 Å². The van der Waals surface area contributed by atoms with Crippen molar-refractivity contribution in [3.05, 3.63) is 0 Å². The zero-order valence-corrected chi connectivity index (χ0v) is 7.19. The molecule has 0 bridgehead atoms. The van der Waals surface area contributed by atoms with Crippen LogP contribution in [0.25, 0.3) is 0 Å². The zero-order chi connectivity index (χ0) is 10.1. The van der Waals surface area contributed by atoms with Crippen LogP contribution in [0.1, 0.15) is 25.7 Å². The molecule has 2 atom stereocenters. The van der Waals surface area contributed by atoms with E-state index in [1.807, 2.05) is 0 Å². The van der Waals surface area contributed by atoms with Crippen LogP contribution in [-0.4, -0.2) is 27.7 Å². The van der Waals surface area contributed by atoms with E-state index >= 15 is 0 Å². The van der Waals surface area contributed by atoms with E-state index in [1.165, 1.54) is 0 Å². The molecule has 4 N–H and O–H groups in total. The molecule has 0 radical (unpaired) electrons. The van der Waals surface area contributed by atoms with E-state index in [9.17, 15) is 9.59 Å². The highest BCUT2D eigenvalue weighted by molar-refractivity contribution is 5.80. The molecule has 74 valence electrons. The van der Waals surface area contributed by atoms with Gasteiger partial charge in [0, 0.05) is 0 Å². The second-order valence-electron chi connectivity index (χ2n) is 3.53. The van der Waals surface area contributed by atoms with Crippen molar-refractivity contribution in [2.75, 3.05) is 0 Å². The van der Waals surface area contributed by atoms with Gasteiger partial charge in [-0.1, -0.05) is 6.42 Å². The molecule has 0 amide bonds. The van der Waals surface area contributed by atoms with Crippen LogP contribution < -0.4 is 5.73 Å². The SMILES string of the molecule is N[C@@]1(C(=O)O)CCC[C@@H]1CC(=O)O. The number of aliphatic carboxylic acids is 2. The third-order valence-corrected chi connectivity index (χ3v) is 2.69. The molecule has 13 heavy (non-hydrogen) atoms. The zero-order valence-electron chi connectivity index (χ0n) is 7.19. The molecule has 1 fully saturated rings. The van der Waals surface area contributed by atoms with Crippen LogP contribution in [0.2, 0.25) is 0 Å². The highest BCUT2D eigenvalue weighted by Gasteiger charge is 2.46. The summed E-state index contributed by atoms with van der Waals surface area (Å²) in [6.07, 6.45) is 1.51. The number of nitrogens with two attached hydrogens (primary N) is 1. The first-order valence-corrected chi connectivity index (χ1v) is 4.21. The van der Waals surface area contributed by atoms with E-state index in [1.54, 1.807) is 0 Å². The van der Waals surface area contributed by atoms with Crippen LogP contribution >= 0.6 is 0 Å². The fraction of sp³-hybridized carbons (Fsp3) is 0.750. The average Bonchev–Trinajstić information content (AvgIpc) is 2.33.